The quantitative estimate of drug-likeness (QED) is 0.370. The molecule has 0 saturated heterocycles. The smallest absolute Gasteiger partial charge is 0.204 e. The summed E-state index contributed by atoms with van der Waals surface area (Å²) < 4.78 is 17.3. The summed E-state index contributed by atoms with van der Waals surface area (Å²) in [5, 5.41) is 31.1. The van der Waals surface area contributed by atoms with E-state index in [0.717, 1.165) is 12.8 Å². The number of aliphatic hydroxyl groups excluding tert-OH is 1. The van der Waals surface area contributed by atoms with E-state index in [2.05, 4.69) is 27.7 Å². The molecule has 0 spiro atoms. The summed E-state index contributed by atoms with van der Waals surface area (Å²) in [6.07, 6.45) is 2.54. The van der Waals surface area contributed by atoms with Crippen LogP contribution >= 0.6 is 0 Å². The molecule has 7 heteroatoms. The predicted molar refractivity (Wildman–Crippen MR) is 129 cm³/mol. The first kappa shape index (κ1) is 24.7. The number of phenolic OH excluding ortho intramolecular Hbond substituents is 2. The fraction of sp³-hybridized carbons (Fsp3) is 0.500. The van der Waals surface area contributed by atoms with Crippen LogP contribution in [0.4, 0.5) is 0 Å². The second kappa shape index (κ2) is 10.3. The first-order valence-corrected chi connectivity index (χ1v) is 11.5. The van der Waals surface area contributed by atoms with Crippen molar-refractivity contribution in [3.05, 3.63) is 33.5 Å². The Balaban J connectivity index is 2.36. The number of benzene rings is 2. The minimum atomic E-state index is -0.375. The molecule has 0 unspecified atom stereocenters. The maximum Gasteiger partial charge on any atom is 0.204 e. The van der Waals surface area contributed by atoms with Gasteiger partial charge in [0.05, 0.1) is 19.1 Å². The number of phenols is 2. The van der Waals surface area contributed by atoms with Crippen LogP contribution < -0.4 is 14.9 Å². The molecule has 180 valence electrons. The van der Waals surface area contributed by atoms with E-state index >= 15 is 0 Å². The van der Waals surface area contributed by atoms with Gasteiger partial charge in [-0.15, -0.1) is 0 Å². The summed E-state index contributed by atoms with van der Waals surface area (Å²) in [5.74, 6) is 1.19. The number of ether oxygens (including phenoxy) is 2. The van der Waals surface area contributed by atoms with Gasteiger partial charge in [0.15, 0.2) is 11.5 Å². The molecule has 3 N–H and O–H groups in total. The summed E-state index contributed by atoms with van der Waals surface area (Å²) in [6.45, 7) is 8.18. The monoisotopic (exact) mass is 458 g/mol. The number of aromatic hydroxyl groups is 2. The number of aliphatic hydroxyl groups is 1. The third-order valence-electron chi connectivity index (χ3n) is 5.82. The first-order valence-electron chi connectivity index (χ1n) is 11.5. The van der Waals surface area contributed by atoms with Crippen molar-refractivity contribution >= 4 is 21.9 Å². The molecule has 1 heterocycles. The number of hydrogen-bond donors (Lipinski definition) is 3. The standard InChI is InChI=1S/C26H34O7/c1-14(2)6-8-16-18(28)12-19-23(24(16)29)25(30)22-17(9-7-15(3)4)26(31-5)21(32-11-10-27)13-20(22)33-19/h12-15,27-29H,6-11H2,1-5H3. The largest absolute Gasteiger partial charge is 0.507 e. The van der Waals surface area contributed by atoms with E-state index in [1.807, 2.05) is 0 Å². The Labute approximate surface area is 193 Å². The normalized spacial score (nSPS) is 11.8. The van der Waals surface area contributed by atoms with Crippen LogP contribution in [0.15, 0.2) is 21.3 Å². The van der Waals surface area contributed by atoms with Gasteiger partial charge in [0, 0.05) is 23.3 Å². The lowest BCUT2D eigenvalue weighted by molar-refractivity contribution is 0.196. The van der Waals surface area contributed by atoms with Gasteiger partial charge in [-0.25, -0.2) is 0 Å². The maximum absolute atomic E-state index is 13.7. The summed E-state index contributed by atoms with van der Waals surface area (Å²) in [6, 6.07) is 2.95. The van der Waals surface area contributed by atoms with E-state index in [0.29, 0.717) is 52.7 Å². The van der Waals surface area contributed by atoms with Crippen LogP contribution in [-0.2, 0) is 12.8 Å². The van der Waals surface area contributed by atoms with Crippen LogP contribution in [0.3, 0.4) is 0 Å². The maximum atomic E-state index is 13.7. The summed E-state index contributed by atoms with van der Waals surface area (Å²) in [4.78, 5) is 13.7. The third-order valence-corrected chi connectivity index (χ3v) is 5.82. The number of rotatable bonds is 10. The van der Waals surface area contributed by atoms with Gasteiger partial charge in [0.1, 0.15) is 34.7 Å². The van der Waals surface area contributed by atoms with Crippen LogP contribution in [-0.4, -0.2) is 35.6 Å². The fourth-order valence-corrected chi connectivity index (χ4v) is 4.05. The lowest BCUT2D eigenvalue weighted by Crippen LogP contribution is -2.11. The highest BCUT2D eigenvalue weighted by molar-refractivity contribution is 5.97. The minimum Gasteiger partial charge on any atom is -0.507 e. The highest BCUT2D eigenvalue weighted by Crippen LogP contribution is 2.41. The average molecular weight is 459 g/mol. The van der Waals surface area contributed by atoms with Crippen molar-refractivity contribution in [2.45, 2.75) is 53.4 Å². The van der Waals surface area contributed by atoms with Crippen molar-refractivity contribution in [3.63, 3.8) is 0 Å². The van der Waals surface area contributed by atoms with Gasteiger partial charge in [-0.05, 0) is 37.5 Å². The lowest BCUT2D eigenvalue weighted by atomic mass is 9.95. The second-order valence-electron chi connectivity index (χ2n) is 9.22. The van der Waals surface area contributed by atoms with Gasteiger partial charge in [-0.3, -0.25) is 4.79 Å². The van der Waals surface area contributed by atoms with Gasteiger partial charge in [0.25, 0.3) is 0 Å². The molecule has 33 heavy (non-hydrogen) atoms. The second-order valence-corrected chi connectivity index (χ2v) is 9.22. The Morgan fingerprint density at radius 1 is 0.939 bits per heavy atom. The highest BCUT2D eigenvalue weighted by Gasteiger charge is 2.24. The molecule has 0 bridgehead atoms. The molecule has 0 atom stereocenters. The molecule has 0 aliphatic heterocycles. The molecule has 0 fully saturated rings. The highest BCUT2D eigenvalue weighted by atomic mass is 16.5. The SMILES string of the molecule is COc1c(OCCO)cc2oc3cc(O)c(CCC(C)C)c(O)c3c(=O)c2c1CCC(C)C. The molecule has 0 aliphatic rings. The molecule has 2 aromatic carbocycles. The Kier molecular flexibility index (Phi) is 7.74. The van der Waals surface area contributed by atoms with E-state index in [9.17, 15) is 20.1 Å². The molecule has 1 aromatic heterocycles. The zero-order valence-corrected chi connectivity index (χ0v) is 20.0. The molecular formula is C26H34O7. The third kappa shape index (κ3) is 5.03. The molecule has 0 amide bonds. The number of methoxy groups -OCH3 is 1. The predicted octanol–water partition coefficient (Wildman–Crippen LogP) is 4.91. The zero-order chi connectivity index (χ0) is 24.3. The molecular weight excluding hydrogens is 424 g/mol. The molecule has 0 aliphatic carbocycles. The molecule has 3 aromatic rings. The van der Waals surface area contributed by atoms with Crippen molar-refractivity contribution in [2.75, 3.05) is 20.3 Å². The van der Waals surface area contributed by atoms with Crippen LogP contribution in [0.2, 0.25) is 0 Å². The summed E-state index contributed by atoms with van der Waals surface area (Å²) in [5.41, 5.74) is 0.989. The van der Waals surface area contributed by atoms with Crippen molar-refractivity contribution in [1.29, 1.82) is 0 Å². The summed E-state index contributed by atoms with van der Waals surface area (Å²) >= 11 is 0. The van der Waals surface area contributed by atoms with Gasteiger partial charge in [-0.2, -0.15) is 0 Å². The van der Waals surface area contributed by atoms with Crippen molar-refractivity contribution in [2.24, 2.45) is 11.8 Å². The van der Waals surface area contributed by atoms with Crippen molar-refractivity contribution in [1.82, 2.24) is 0 Å². The Bertz CT molecular complexity index is 1190. The fourth-order valence-electron chi connectivity index (χ4n) is 4.05. The Morgan fingerprint density at radius 3 is 2.12 bits per heavy atom. The topological polar surface area (TPSA) is 109 Å². The van der Waals surface area contributed by atoms with Gasteiger partial charge >= 0.3 is 0 Å². The van der Waals surface area contributed by atoms with Crippen molar-refractivity contribution < 1.29 is 29.2 Å². The van der Waals surface area contributed by atoms with E-state index in [1.165, 1.54) is 13.2 Å². The van der Waals surface area contributed by atoms with E-state index < -0.39 is 0 Å². The molecule has 7 nitrogen and oxygen atoms in total. The number of aryl methyl sites for hydroxylation is 1. The first-order chi connectivity index (χ1) is 15.7. The Hall–Kier alpha value is -2.93. The van der Waals surface area contributed by atoms with Gasteiger partial charge in [-0.1, -0.05) is 27.7 Å². The minimum absolute atomic E-state index is 0.0518. The van der Waals surface area contributed by atoms with Gasteiger partial charge in [0.2, 0.25) is 5.43 Å². The number of hydrogen-bond acceptors (Lipinski definition) is 7. The zero-order valence-electron chi connectivity index (χ0n) is 20.0. The van der Waals surface area contributed by atoms with Gasteiger partial charge < -0.3 is 29.2 Å². The van der Waals surface area contributed by atoms with E-state index in [4.69, 9.17) is 13.9 Å². The Morgan fingerprint density at radius 2 is 1.55 bits per heavy atom. The van der Waals surface area contributed by atoms with Crippen molar-refractivity contribution in [3.8, 4) is 23.0 Å². The van der Waals surface area contributed by atoms with E-state index in [1.54, 1.807) is 6.07 Å². The van der Waals surface area contributed by atoms with Crippen LogP contribution in [0.25, 0.3) is 21.9 Å². The van der Waals surface area contributed by atoms with Crippen LogP contribution in [0.5, 0.6) is 23.0 Å². The lowest BCUT2D eigenvalue weighted by Gasteiger charge is -2.18. The number of fused-ring (bicyclic) bond motifs is 2. The van der Waals surface area contributed by atoms with E-state index in [-0.39, 0.29) is 46.7 Å². The molecule has 0 radical (unpaired) electrons. The van der Waals surface area contributed by atoms with Crippen LogP contribution in [0.1, 0.15) is 51.7 Å². The molecule has 3 rings (SSSR count). The molecule has 0 saturated carbocycles. The average Bonchev–Trinajstić information content (AvgIpc) is 2.74. The van der Waals surface area contributed by atoms with Crippen LogP contribution in [0, 0.1) is 11.8 Å². The summed E-state index contributed by atoms with van der Waals surface area (Å²) in [7, 11) is 1.51.